The summed E-state index contributed by atoms with van der Waals surface area (Å²) in [6, 6.07) is 1.49. The Morgan fingerprint density at radius 3 is 2.67 bits per heavy atom. The first kappa shape index (κ1) is 14.3. The zero-order chi connectivity index (χ0) is 13.2. The van der Waals surface area contributed by atoms with Crippen LogP contribution in [0.4, 0.5) is 0 Å². The molecule has 106 valence electrons. The van der Waals surface area contributed by atoms with Crippen molar-refractivity contribution in [3.8, 4) is 0 Å². The van der Waals surface area contributed by atoms with Gasteiger partial charge in [0.05, 0.1) is 6.61 Å². The van der Waals surface area contributed by atoms with E-state index in [2.05, 4.69) is 30.6 Å². The van der Waals surface area contributed by atoms with Crippen molar-refractivity contribution < 1.29 is 4.74 Å². The minimum absolute atomic E-state index is 0.166. The number of fused-ring (bicyclic) bond motifs is 1. The van der Waals surface area contributed by atoms with Gasteiger partial charge in [-0.3, -0.25) is 9.80 Å². The van der Waals surface area contributed by atoms with Gasteiger partial charge in [-0.1, -0.05) is 13.3 Å². The van der Waals surface area contributed by atoms with Crippen LogP contribution in [0.2, 0.25) is 0 Å². The number of ether oxygens (including phenoxy) is 1. The molecule has 2 unspecified atom stereocenters. The second kappa shape index (κ2) is 5.89. The zero-order valence-corrected chi connectivity index (χ0v) is 12.6. The SMILES string of the molecule is CCC1CN2CCCCC2CN1C(C)(C)COC. The lowest BCUT2D eigenvalue weighted by molar-refractivity contribution is -0.0654. The maximum atomic E-state index is 5.43. The van der Waals surface area contributed by atoms with Crippen LogP contribution in [0, 0.1) is 0 Å². The Labute approximate surface area is 112 Å². The smallest absolute Gasteiger partial charge is 0.0641 e. The molecule has 2 aliphatic heterocycles. The van der Waals surface area contributed by atoms with Gasteiger partial charge in [-0.2, -0.15) is 0 Å². The minimum atomic E-state index is 0.166. The molecule has 18 heavy (non-hydrogen) atoms. The van der Waals surface area contributed by atoms with Crippen LogP contribution in [0.5, 0.6) is 0 Å². The number of rotatable bonds is 4. The van der Waals surface area contributed by atoms with E-state index in [9.17, 15) is 0 Å². The lowest BCUT2D eigenvalue weighted by Crippen LogP contribution is -2.65. The third kappa shape index (κ3) is 2.89. The van der Waals surface area contributed by atoms with E-state index in [1.165, 1.54) is 45.3 Å². The van der Waals surface area contributed by atoms with Crippen LogP contribution < -0.4 is 0 Å². The molecule has 0 aliphatic carbocycles. The van der Waals surface area contributed by atoms with Crippen molar-refractivity contribution in [2.75, 3.05) is 33.4 Å². The van der Waals surface area contributed by atoms with E-state index in [0.29, 0.717) is 6.04 Å². The van der Waals surface area contributed by atoms with Gasteiger partial charge < -0.3 is 4.74 Å². The zero-order valence-electron chi connectivity index (χ0n) is 12.6. The summed E-state index contributed by atoms with van der Waals surface area (Å²) in [5.41, 5.74) is 0.166. The summed E-state index contributed by atoms with van der Waals surface area (Å²) < 4.78 is 5.43. The summed E-state index contributed by atoms with van der Waals surface area (Å²) in [7, 11) is 1.82. The van der Waals surface area contributed by atoms with E-state index in [4.69, 9.17) is 4.74 Å². The van der Waals surface area contributed by atoms with Crippen molar-refractivity contribution in [3.63, 3.8) is 0 Å². The second-order valence-electron chi connectivity index (χ2n) is 6.60. The van der Waals surface area contributed by atoms with Gasteiger partial charge in [0.1, 0.15) is 0 Å². The van der Waals surface area contributed by atoms with Crippen molar-refractivity contribution in [2.45, 2.75) is 64.1 Å². The highest BCUT2D eigenvalue weighted by molar-refractivity contribution is 4.96. The number of piperidine rings is 1. The van der Waals surface area contributed by atoms with Gasteiger partial charge in [0.2, 0.25) is 0 Å². The highest BCUT2D eigenvalue weighted by Gasteiger charge is 2.40. The van der Waals surface area contributed by atoms with Crippen LogP contribution >= 0.6 is 0 Å². The summed E-state index contributed by atoms with van der Waals surface area (Å²) >= 11 is 0. The first-order valence-electron chi connectivity index (χ1n) is 7.58. The molecule has 3 heteroatoms. The maximum Gasteiger partial charge on any atom is 0.0641 e. The molecule has 0 N–H and O–H groups in total. The van der Waals surface area contributed by atoms with E-state index in [1.54, 1.807) is 0 Å². The molecular weight excluding hydrogens is 224 g/mol. The largest absolute Gasteiger partial charge is 0.383 e. The average Bonchev–Trinajstić information content (AvgIpc) is 2.37. The number of hydrogen-bond donors (Lipinski definition) is 0. The Kier molecular flexibility index (Phi) is 4.68. The third-order valence-corrected chi connectivity index (χ3v) is 4.79. The minimum Gasteiger partial charge on any atom is -0.383 e. The monoisotopic (exact) mass is 254 g/mol. The van der Waals surface area contributed by atoms with Gasteiger partial charge in [-0.05, 0) is 39.7 Å². The first-order chi connectivity index (χ1) is 8.58. The van der Waals surface area contributed by atoms with Crippen molar-refractivity contribution in [1.82, 2.24) is 9.80 Å². The molecule has 0 aromatic heterocycles. The van der Waals surface area contributed by atoms with E-state index >= 15 is 0 Å². The average molecular weight is 254 g/mol. The second-order valence-corrected chi connectivity index (χ2v) is 6.60. The van der Waals surface area contributed by atoms with Crippen molar-refractivity contribution in [1.29, 1.82) is 0 Å². The molecule has 2 heterocycles. The molecule has 0 saturated carbocycles. The molecule has 2 fully saturated rings. The van der Waals surface area contributed by atoms with Gasteiger partial charge in [0.15, 0.2) is 0 Å². The number of hydrogen-bond acceptors (Lipinski definition) is 3. The summed E-state index contributed by atoms with van der Waals surface area (Å²) in [5.74, 6) is 0. The quantitative estimate of drug-likeness (QED) is 0.766. The van der Waals surface area contributed by atoms with E-state index in [1.807, 2.05) is 7.11 Å². The molecule has 0 bridgehead atoms. The van der Waals surface area contributed by atoms with Gasteiger partial charge in [-0.15, -0.1) is 0 Å². The highest BCUT2D eigenvalue weighted by atomic mass is 16.5. The molecular formula is C15H30N2O. The summed E-state index contributed by atoms with van der Waals surface area (Å²) in [5, 5.41) is 0. The fraction of sp³-hybridized carbons (Fsp3) is 1.00. The molecule has 0 aromatic rings. The standard InChI is InChI=1S/C15H30N2O/c1-5-13-10-16-9-7-6-8-14(16)11-17(13)15(2,3)12-18-4/h13-14H,5-12H2,1-4H3. The molecule has 0 radical (unpaired) electrons. The van der Waals surface area contributed by atoms with Crippen LogP contribution in [-0.2, 0) is 4.74 Å². The normalized spacial score (nSPS) is 31.3. The van der Waals surface area contributed by atoms with Gasteiger partial charge in [-0.25, -0.2) is 0 Å². The Bertz CT molecular complexity index is 267. The summed E-state index contributed by atoms with van der Waals surface area (Å²) in [4.78, 5) is 5.44. The predicted octanol–water partition coefficient (Wildman–Crippen LogP) is 2.36. The summed E-state index contributed by atoms with van der Waals surface area (Å²) in [6.45, 7) is 11.6. The van der Waals surface area contributed by atoms with Gasteiger partial charge in [0.25, 0.3) is 0 Å². The van der Waals surface area contributed by atoms with Gasteiger partial charge >= 0.3 is 0 Å². The predicted molar refractivity (Wildman–Crippen MR) is 76.0 cm³/mol. The molecule has 0 spiro atoms. The van der Waals surface area contributed by atoms with Crippen LogP contribution in [0.15, 0.2) is 0 Å². The molecule has 0 amide bonds. The third-order valence-electron chi connectivity index (χ3n) is 4.79. The lowest BCUT2D eigenvalue weighted by Gasteiger charge is -2.53. The lowest BCUT2D eigenvalue weighted by atomic mass is 9.91. The number of nitrogens with zero attached hydrogens (tertiary/aromatic N) is 2. The fourth-order valence-electron chi connectivity index (χ4n) is 3.78. The first-order valence-corrected chi connectivity index (χ1v) is 7.58. The van der Waals surface area contributed by atoms with Crippen molar-refractivity contribution in [3.05, 3.63) is 0 Å². The molecule has 3 nitrogen and oxygen atoms in total. The van der Waals surface area contributed by atoms with Gasteiger partial charge in [0, 0.05) is 37.8 Å². The Morgan fingerprint density at radius 2 is 2.00 bits per heavy atom. The Hall–Kier alpha value is -0.120. The van der Waals surface area contributed by atoms with Crippen LogP contribution in [0.25, 0.3) is 0 Å². The molecule has 2 saturated heterocycles. The van der Waals surface area contributed by atoms with E-state index in [0.717, 1.165) is 12.6 Å². The van der Waals surface area contributed by atoms with E-state index < -0.39 is 0 Å². The molecule has 2 aliphatic rings. The fourth-order valence-corrected chi connectivity index (χ4v) is 3.78. The number of methoxy groups -OCH3 is 1. The summed E-state index contributed by atoms with van der Waals surface area (Å²) in [6.07, 6.45) is 5.44. The Balaban J connectivity index is 2.08. The number of piperazine rings is 1. The molecule has 2 rings (SSSR count). The topological polar surface area (TPSA) is 15.7 Å². The highest BCUT2D eigenvalue weighted by Crippen LogP contribution is 2.30. The molecule has 2 atom stereocenters. The maximum absolute atomic E-state index is 5.43. The van der Waals surface area contributed by atoms with Crippen molar-refractivity contribution >= 4 is 0 Å². The molecule has 0 aromatic carbocycles. The van der Waals surface area contributed by atoms with Crippen LogP contribution in [0.3, 0.4) is 0 Å². The van der Waals surface area contributed by atoms with Crippen molar-refractivity contribution in [2.24, 2.45) is 0 Å². The van der Waals surface area contributed by atoms with E-state index in [-0.39, 0.29) is 5.54 Å². The van der Waals surface area contributed by atoms with Crippen LogP contribution in [-0.4, -0.2) is 60.8 Å². The van der Waals surface area contributed by atoms with Crippen LogP contribution in [0.1, 0.15) is 46.5 Å². The Morgan fingerprint density at radius 1 is 1.22 bits per heavy atom.